The summed E-state index contributed by atoms with van der Waals surface area (Å²) in [5, 5.41) is 1.88. The molecule has 0 aromatic heterocycles. The molecule has 1 aliphatic heterocycles. The van der Waals surface area contributed by atoms with E-state index in [0.717, 1.165) is 24.2 Å². The highest BCUT2D eigenvalue weighted by Crippen LogP contribution is 2.21. The Labute approximate surface area is 114 Å². The van der Waals surface area contributed by atoms with Crippen LogP contribution in [0.1, 0.15) is 11.1 Å². The first-order chi connectivity index (χ1) is 9.36. The van der Waals surface area contributed by atoms with Crippen molar-refractivity contribution in [1.82, 2.24) is 10.2 Å². The third kappa shape index (κ3) is 3.63. The molecule has 0 radical (unpaired) electrons. The van der Waals surface area contributed by atoms with Gasteiger partial charge < -0.3 is 11.1 Å². The van der Waals surface area contributed by atoms with E-state index in [2.05, 4.69) is 0 Å². The number of hydrogen-bond donors (Lipinski definition) is 2. The van der Waals surface area contributed by atoms with Gasteiger partial charge in [0.05, 0.1) is 0 Å². The molecule has 0 bridgehead atoms. The molecule has 110 valence electrons. The predicted octanol–water partition coefficient (Wildman–Crippen LogP) is 1.31. The second kappa shape index (κ2) is 5.70. The van der Waals surface area contributed by atoms with Crippen molar-refractivity contribution in [3.05, 3.63) is 29.3 Å². The molecule has 1 aliphatic rings. The SMILES string of the molecule is Nc1ccc2c(c1)CCN(CCNC(=O)C(F)(F)F)C2. The largest absolute Gasteiger partial charge is 0.471 e. The van der Waals surface area contributed by atoms with Gasteiger partial charge in [0.2, 0.25) is 0 Å². The molecular weight excluding hydrogens is 271 g/mol. The third-order valence-corrected chi connectivity index (χ3v) is 3.29. The van der Waals surface area contributed by atoms with Crippen molar-refractivity contribution in [1.29, 1.82) is 0 Å². The van der Waals surface area contributed by atoms with E-state index in [9.17, 15) is 18.0 Å². The summed E-state index contributed by atoms with van der Waals surface area (Å²) in [6.45, 7) is 1.80. The molecule has 4 nitrogen and oxygen atoms in total. The van der Waals surface area contributed by atoms with Crippen molar-refractivity contribution in [2.45, 2.75) is 19.1 Å². The third-order valence-electron chi connectivity index (χ3n) is 3.29. The van der Waals surface area contributed by atoms with Gasteiger partial charge in [-0.1, -0.05) is 6.07 Å². The Bertz CT molecular complexity index is 502. The second-order valence-electron chi connectivity index (χ2n) is 4.81. The van der Waals surface area contributed by atoms with Gasteiger partial charge in [-0.3, -0.25) is 9.69 Å². The summed E-state index contributed by atoms with van der Waals surface area (Å²) in [5.74, 6) is -1.89. The van der Waals surface area contributed by atoms with Gasteiger partial charge in [-0.25, -0.2) is 0 Å². The number of benzene rings is 1. The Hall–Kier alpha value is -1.76. The van der Waals surface area contributed by atoms with E-state index in [-0.39, 0.29) is 6.54 Å². The Kier molecular flexibility index (Phi) is 4.17. The maximum Gasteiger partial charge on any atom is 0.471 e. The maximum atomic E-state index is 12.0. The fourth-order valence-electron chi connectivity index (χ4n) is 2.25. The van der Waals surface area contributed by atoms with Crippen LogP contribution in [0.5, 0.6) is 0 Å². The lowest BCUT2D eigenvalue weighted by Gasteiger charge is -2.29. The van der Waals surface area contributed by atoms with E-state index < -0.39 is 12.1 Å². The van der Waals surface area contributed by atoms with E-state index in [0.29, 0.717) is 13.1 Å². The molecule has 1 aromatic rings. The first-order valence-electron chi connectivity index (χ1n) is 6.31. The van der Waals surface area contributed by atoms with Crippen molar-refractivity contribution in [3.8, 4) is 0 Å². The molecule has 0 spiro atoms. The molecule has 0 aliphatic carbocycles. The molecule has 0 saturated heterocycles. The number of carbonyl (C=O) groups is 1. The first-order valence-corrected chi connectivity index (χ1v) is 6.31. The highest BCUT2D eigenvalue weighted by molar-refractivity contribution is 5.81. The summed E-state index contributed by atoms with van der Waals surface area (Å²) in [4.78, 5) is 12.7. The van der Waals surface area contributed by atoms with E-state index >= 15 is 0 Å². The van der Waals surface area contributed by atoms with Crippen LogP contribution in [0.2, 0.25) is 0 Å². The molecule has 1 amide bonds. The molecule has 20 heavy (non-hydrogen) atoms. The zero-order chi connectivity index (χ0) is 14.8. The summed E-state index contributed by atoms with van der Waals surface area (Å²) in [6.07, 6.45) is -4.00. The molecule has 3 N–H and O–H groups in total. The Morgan fingerprint density at radius 2 is 2.10 bits per heavy atom. The van der Waals surface area contributed by atoms with Gasteiger partial charge in [0.15, 0.2) is 0 Å². The van der Waals surface area contributed by atoms with Crippen LogP contribution in [0.3, 0.4) is 0 Å². The Balaban J connectivity index is 1.82. The topological polar surface area (TPSA) is 58.4 Å². The van der Waals surface area contributed by atoms with E-state index in [1.54, 1.807) is 0 Å². The van der Waals surface area contributed by atoms with E-state index in [1.165, 1.54) is 5.56 Å². The van der Waals surface area contributed by atoms with Crippen molar-refractivity contribution < 1.29 is 18.0 Å². The minimum atomic E-state index is -4.81. The van der Waals surface area contributed by atoms with Crippen molar-refractivity contribution in [2.75, 3.05) is 25.4 Å². The molecule has 1 aromatic carbocycles. The Morgan fingerprint density at radius 1 is 1.35 bits per heavy atom. The van der Waals surface area contributed by atoms with Crippen molar-refractivity contribution in [2.24, 2.45) is 0 Å². The normalized spacial score (nSPS) is 15.8. The summed E-state index contributed by atoms with van der Waals surface area (Å²) in [7, 11) is 0. The average Bonchev–Trinajstić information content (AvgIpc) is 2.37. The first kappa shape index (κ1) is 14.6. The van der Waals surface area contributed by atoms with E-state index in [4.69, 9.17) is 5.73 Å². The zero-order valence-corrected chi connectivity index (χ0v) is 10.8. The molecule has 0 fully saturated rings. The van der Waals surface area contributed by atoms with Crippen LogP contribution in [0.25, 0.3) is 0 Å². The highest BCUT2D eigenvalue weighted by atomic mass is 19.4. The number of nitrogen functional groups attached to an aromatic ring is 1. The monoisotopic (exact) mass is 287 g/mol. The minimum Gasteiger partial charge on any atom is -0.399 e. The number of carbonyl (C=O) groups excluding carboxylic acids is 1. The quantitative estimate of drug-likeness (QED) is 0.824. The zero-order valence-electron chi connectivity index (χ0n) is 10.8. The number of anilines is 1. The summed E-state index contributed by atoms with van der Waals surface area (Å²) in [6, 6.07) is 5.68. The van der Waals surface area contributed by atoms with Gasteiger partial charge in [-0.05, 0) is 29.7 Å². The number of nitrogens with zero attached hydrogens (tertiary/aromatic N) is 1. The van der Waals surface area contributed by atoms with Crippen LogP contribution in [0, 0.1) is 0 Å². The lowest BCUT2D eigenvalue weighted by atomic mass is 9.99. The van der Waals surface area contributed by atoms with Crippen LogP contribution in [0.4, 0.5) is 18.9 Å². The summed E-state index contributed by atoms with van der Waals surface area (Å²) >= 11 is 0. The van der Waals surface area contributed by atoms with E-state index in [1.807, 2.05) is 28.4 Å². The minimum absolute atomic E-state index is 0.0113. The number of nitrogens with one attached hydrogen (secondary N) is 1. The molecule has 1 heterocycles. The highest BCUT2D eigenvalue weighted by Gasteiger charge is 2.38. The number of nitrogens with two attached hydrogens (primary N) is 1. The fraction of sp³-hybridized carbons (Fsp3) is 0.462. The number of hydrogen-bond acceptors (Lipinski definition) is 3. The lowest BCUT2D eigenvalue weighted by Crippen LogP contribution is -2.42. The van der Waals surface area contributed by atoms with Gasteiger partial charge in [0.1, 0.15) is 0 Å². The fourth-order valence-corrected chi connectivity index (χ4v) is 2.25. The van der Waals surface area contributed by atoms with Gasteiger partial charge in [0.25, 0.3) is 0 Å². The molecule has 7 heteroatoms. The number of fused-ring (bicyclic) bond motifs is 1. The van der Waals surface area contributed by atoms with Crippen LogP contribution in [-0.2, 0) is 17.8 Å². The standard InChI is InChI=1S/C13H16F3N3O/c14-13(15,16)12(20)18-4-6-19-5-3-9-7-11(17)2-1-10(9)8-19/h1-2,7H,3-6,8,17H2,(H,18,20). The summed E-state index contributed by atoms with van der Waals surface area (Å²) < 4.78 is 36.0. The van der Waals surface area contributed by atoms with Gasteiger partial charge >= 0.3 is 12.1 Å². The number of amides is 1. The van der Waals surface area contributed by atoms with Gasteiger partial charge in [0, 0.05) is 31.9 Å². The second-order valence-corrected chi connectivity index (χ2v) is 4.81. The lowest BCUT2D eigenvalue weighted by molar-refractivity contribution is -0.173. The van der Waals surface area contributed by atoms with Crippen LogP contribution < -0.4 is 11.1 Å². The number of halogens is 3. The van der Waals surface area contributed by atoms with Gasteiger partial charge in [-0.15, -0.1) is 0 Å². The van der Waals surface area contributed by atoms with Crippen molar-refractivity contribution >= 4 is 11.6 Å². The van der Waals surface area contributed by atoms with Crippen molar-refractivity contribution in [3.63, 3.8) is 0 Å². The Morgan fingerprint density at radius 3 is 2.80 bits per heavy atom. The van der Waals surface area contributed by atoms with Crippen LogP contribution in [-0.4, -0.2) is 36.6 Å². The molecule has 0 unspecified atom stereocenters. The molecule has 0 atom stereocenters. The summed E-state index contributed by atoms with van der Waals surface area (Å²) in [5.41, 5.74) is 8.73. The number of alkyl halides is 3. The average molecular weight is 287 g/mol. The number of rotatable bonds is 3. The molecule has 0 saturated carbocycles. The molecule has 2 rings (SSSR count). The van der Waals surface area contributed by atoms with Crippen LogP contribution >= 0.6 is 0 Å². The van der Waals surface area contributed by atoms with Gasteiger partial charge in [-0.2, -0.15) is 13.2 Å². The predicted molar refractivity (Wildman–Crippen MR) is 68.9 cm³/mol. The molecular formula is C13H16F3N3O. The maximum absolute atomic E-state index is 12.0. The van der Waals surface area contributed by atoms with Crippen LogP contribution in [0.15, 0.2) is 18.2 Å². The smallest absolute Gasteiger partial charge is 0.399 e.